The Morgan fingerprint density at radius 1 is 0.531 bits per heavy atom. The van der Waals surface area contributed by atoms with Gasteiger partial charge in [-0.25, -0.2) is 9.97 Å². The van der Waals surface area contributed by atoms with E-state index in [1.807, 2.05) is 36.4 Å². The molecule has 4 nitrogen and oxygen atoms in total. The van der Waals surface area contributed by atoms with Crippen molar-refractivity contribution in [1.82, 2.24) is 14.5 Å². The number of hydrogen-bond acceptors (Lipinski definition) is 4. The standard InChI is InChI=1S/C44H25N3OS/c1-2-11-26(12-3-1)40-42-41(33-16-7-9-20-38(33)48-42)46-44(45-40)34-18-10-17-32-31-22-21-29(25-39(31)49-43(32)34)47-36-19-8-6-15-30(36)35-23-27-13-4-5-14-28(27)24-37(35)47/h1-25H. The zero-order valence-electron chi connectivity index (χ0n) is 26.1. The molecule has 0 aliphatic carbocycles. The highest BCUT2D eigenvalue weighted by Gasteiger charge is 2.21. The van der Waals surface area contributed by atoms with E-state index in [1.54, 1.807) is 11.3 Å². The van der Waals surface area contributed by atoms with Crippen molar-refractivity contribution in [3.05, 3.63) is 152 Å². The van der Waals surface area contributed by atoms with Crippen molar-refractivity contribution in [3.8, 4) is 28.3 Å². The Morgan fingerprint density at radius 2 is 1.29 bits per heavy atom. The lowest BCUT2D eigenvalue weighted by Gasteiger charge is -2.09. The monoisotopic (exact) mass is 643 g/mol. The second-order valence-corrected chi connectivity index (χ2v) is 13.6. The second kappa shape index (κ2) is 10.1. The Bertz CT molecular complexity index is 3110. The van der Waals surface area contributed by atoms with Crippen LogP contribution in [0.25, 0.3) is 103 Å². The third-order valence-corrected chi connectivity index (χ3v) is 11.0. The predicted octanol–water partition coefficient (Wildman–Crippen LogP) is 12.3. The Hall–Kier alpha value is -6.30. The molecule has 0 amide bonds. The Labute approximate surface area is 284 Å². The molecule has 4 heterocycles. The molecule has 0 N–H and O–H groups in total. The third kappa shape index (κ3) is 3.91. The first-order valence-electron chi connectivity index (χ1n) is 16.4. The fourth-order valence-electron chi connectivity index (χ4n) is 7.54. The topological polar surface area (TPSA) is 43.9 Å². The van der Waals surface area contributed by atoms with Crippen molar-refractivity contribution in [3.63, 3.8) is 0 Å². The lowest BCUT2D eigenvalue weighted by Crippen LogP contribution is -1.94. The molecule has 0 unspecified atom stereocenters. The van der Waals surface area contributed by atoms with Gasteiger partial charge in [0, 0.05) is 53.1 Å². The number of para-hydroxylation sites is 2. The maximum atomic E-state index is 6.37. The Kier molecular flexibility index (Phi) is 5.51. The van der Waals surface area contributed by atoms with Crippen molar-refractivity contribution >= 4 is 86.2 Å². The minimum absolute atomic E-state index is 0.699. The molecule has 49 heavy (non-hydrogen) atoms. The molecule has 0 atom stereocenters. The highest BCUT2D eigenvalue weighted by Crippen LogP contribution is 2.43. The van der Waals surface area contributed by atoms with Crippen LogP contribution in [0.3, 0.4) is 0 Å². The van der Waals surface area contributed by atoms with Crippen molar-refractivity contribution in [1.29, 1.82) is 0 Å². The van der Waals surface area contributed by atoms with E-state index in [0.717, 1.165) is 39.0 Å². The van der Waals surface area contributed by atoms with Crippen LogP contribution in [-0.2, 0) is 0 Å². The maximum absolute atomic E-state index is 6.37. The fourth-order valence-corrected chi connectivity index (χ4v) is 8.78. The number of fused-ring (bicyclic) bond motifs is 10. The van der Waals surface area contributed by atoms with Crippen LogP contribution in [0.5, 0.6) is 0 Å². The van der Waals surface area contributed by atoms with Crippen molar-refractivity contribution in [2.24, 2.45) is 0 Å². The summed E-state index contributed by atoms with van der Waals surface area (Å²) in [5, 5.41) is 8.45. The quantitative estimate of drug-likeness (QED) is 0.192. The molecule has 7 aromatic carbocycles. The van der Waals surface area contributed by atoms with E-state index in [1.165, 1.54) is 52.8 Å². The van der Waals surface area contributed by atoms with Crippen LogP contribution in [0.4, 0.5) is 0 Å². The van der Waals surface area contributed by atoms with Gasteiger partial charge in [0.2, 0.25) is 0 Å². The van der Waals surface area contributed by atoms with E-state index in [9.17, 15) is 0 Å². The number of benzene rings is 7. The van der Waals surface area contributed by atoms with Crippen LogP contribution in [0.15, 0.2) is 156 Å². The molecule has 11 aromatic rings. The van der Waals surface area contributed by atoms with Gasteiger partial charge in [0.25, 0.3) is 0 Å². The highest BCUT2D eigenvalue weighted by atomic mass is 32.1. The smallest absolute Gasteiger partial charge is 0.180 e. The molecular formula is C44H25N3OS. The number of rotatable bonds is 3. The van der Waals surface area contributed by atoms with Crippen LogP contribution in [0.2, 0.25) is 0 Å². The average molecular weight is 644 g/mol. The third-order valence-electron chi connectivity index (χ3n) is 9.79. The van der Waals surface area contributed by atoms with Crippen LogP contribution in [0, 0.1) is 0 Å². The first-order chi connectivity index (χ1) is 24.3. The van der Waals surface area contributed by atoms with E-state index >= 15 is 0 Å². The lowest BCUT2D eigenvalue weighted by atomic mass is 10.1. The molecule has 0 aliphatic rings. The van der Waals surface area contributed by atoms with Gasteiger partial charge in [0.15, 0.2) is 11.4 Å². The van der Waals surface area contributed by atoms with E-state index in [0.29, 0.717) is 11.4 Å². The van der Waals surface area contributed by atoms with Crippen LogP contribution in [0.1, 0.15) is 0 Å². The molecule has 4 aromatic heterocycles. The van der Waals surface area contributed by atoms with Crippen LogP contribution in [-0.4, -0.2) is 14.5 Å². The molecule has 11 rings (SSSR count). The molecule has 228 valence electrons. The van der Waals surface area contributed by atoms with Crippen LogP contribution >= 0.6 is 11.3 Å². The van der Waals surface area contributed by atoms with E-state index < -0.39 is 0 Å². The molecule has 0 fully saturated rings. The molecular weight excluding hydrogens is 619 g/mol. The lowest BCUT2D eigenvalue weighted by molar-refractivity contribution is 0.667. The first-order valence-corrected chi connectivity index (χ1v) is 17.2. The normalized spacial score (nSPS) is 12.1. The van der Waals surface area contributed by atoms with Gasteiger partial charge in [-0.1, -0.05) is 103 Å². The average Bonchev–Trinajstić information content (AvgIpc) is 3.83. The van der Waals surface area contributed by atoms with Gasteiger partial charge >= 0.3 is 0 Å². The minimum Gasteiger partial charge on any atom is -0.452 e. The number of thiophene rings is 1. The largest absolute Gasteiger partial charge is 0.452 e. The van der Waals surface area contributed by atoms with Crippen LogP contribution < -0.4 is 0 Å². The predicted molar refractivity (Wildman–Crippen MR) is 205 cm³/mol. The summed E-state index contributed by atoms with van der Waals surface area (Å²) in [6.07, 6.45) is 0. The zero-order valence-corrected chi connectivity index (χ0v) is 26.9. The summed E-state index contributed by atoms with van der Waals surface area (Å²) in [4.78, 5) is 10.4. The number of hydrogen-bond donors (Lipinski definition) is 0. The summed E-state index contributed by atoms with van der Waals surface area (Å²) in [6.45, 7) is 0. The fraction of sp³-hybridized carbons (Fsp3) is 0. The summed E-state index contributed by atoms with van der Waals surface area (Å²) >= 11 is 1.80. The van der Waals surface area contributed by atoms with E-state index in [-0.39, 0.29) is 0 Å². The summed E-state index contributed by atoms with van der Waals surface area (Å²) in [5.74, 6) is 0.699. The van der Waals surface area contributed by atoms with Gasteiger partial charge in [0.05, 0.1) is 11.0 Å². The van der Waals surface area contributed by atoms with Gasteiger partial charge in [-0.05, 0) is 59.3 Å². The van der Waals surface area contributed by atoms with Gasteiger partial charge in [-0.2, -0.15) is 0 Å². The van der Waals surface area contributed by atoms with Crippen molar-refractivity contribution < 1.29 is 4.42 Å². The molecule has 0 aliphatic heterocycles. The Balaban J connectivity index is 1.15. The molecule has 0 spiro atoms. The Morgan fingerprint density at radius 3 is 2.18 bits per heavy atom. The van der Waals surface area contributed by atoms with Gasteiger partial charge in [0.1, 0.15) is 16.8 Å². The van der Waals surface area contributed by atoms with Crippen molar-refractivity contribution in [2.45, 2.75) is 0 Å². The summed E-state index contributed by atoms with van der Waals surface area (Å²) in [5.41, 5.74) is 8.75. The molecule has 0 saturated carbocycles. The molecule has 0 bridgehead atoms. The highest BCUT2D eigenvalue weighted by molar-refractivity contribution is 7.26. The molecule has 0 radical (unpaired) electrons. The maximum Gasteiger partial charge on any atom is 0.180 e. The van der Waals surface area contributed by atoms with Gasteiger partial charge in [-0.15, -0.1) is 11.3 Å². The van der Waals surface area contributed by atoms with E-state index in [4.69, 9.17) is 14.4 Å². The van der Waals surface area contributed by atoms with Crippen molar-refractivity contribution in [2.75, 3.05) is 0 Å². The SMILES string of the molecule is c1ccc(-c2nc(-c3cccc4c3sc3cc(-n5c6ccccc6c6cc7ccccc7cc65)ccc34)nc3c2oc2ccccc23)cc1. The number of furan rings is 1. The minimum atomic E-state index is 0.699. The summed E-state index contributed by atoms with van der Waals surface area (Å²) in [6, 6.07) is 53.7. The number of aromatic nitrogens is 3. The summed E-state index contributed by atoms with van der Waals surface area (Å²) < 4.78 is 11.2. The molecule has 0 saturated heterocycles. The zero-order chi connectivity index (χ0) is 32.1. The summed E-state index contributed by atoms with van der Waals surface area (Å²) in [7, 11) is 0. The van der Waals surface area contributed by atoms with Gasteiger partial charge in [-0.3, -0.25) is 0 Å². The number of nitrogens with zero attached hydrogens (tertiary/aromatic N) is 3. The second-order valence-electron chi connectivity index (χ2n) is 12.6. The van der Waals surface area contributed by atoms with E-state index in [2.05, 4.69) is 120 Å². The van der Waals surface area contributed by atoms with Gasteiger partial charge < -0.3 is 8.98 Å². The first kappa shape index (κ1) is 26.7. The molecule has 5 heteroatoms.